The first-order valence-corrected chi connectivity index (χ1v) is 6.82. The lowest BCUT2D eigenvalue weighted by Crippen LogP contribution is -2.45. The molecule has 1 saturated heterocycles. The van der Waals surface area contributed by atoms with E-state index in [1.54, 1.807) is 6.92 Å². The van der Waals surface area contributed by atoms with Crippen LogP contribution in [0.1, 0.15) is 31.4 Å². The highest BCUT2D eigenvalue weighted by Gasteiger charge is 2.27. The van der Waals surface area contributed by atoms with Crippen LogP contribution in [0.3, 0.4) is 0 Å². The van der Waals surface area contributed by atoms with E-state index in [2.05, 4.69) is 15.0 Å². The van der Waals surface area contributed by atoms with E-state index < -0.39 is 12.0 Å². The second-order valence-corrected chi connectivity index (χ2v) is 5.41. The maximum Gasteiger partial charge on any atom is 0.320 e. The number of aliphatic carboxylic acids is 1. The van der Waals surface area contributed by atoms with Gasteiger partial charge >= 0.3 is 5.97 Å². The summed E-state index contributed by atoms with van der Waals surface area (Å²) in [5, 5.41) is 13.5. The summed E-state index contributed by atoms with van der Waals surface area (Å²) in [6.07, 6.45) is 2.18. The first kappa shape index (κ1) is 14.0. The van der Waals surface area contributed by atoms with Gasteiger partial charge in [-0.3, -0.25) is 9.69 Å². The molecule has 0 radical (unpaired) electrons. The molecule has 1 aromatic heterocycles. The van der Waals surface area contributed by atoms with Crippen LogP contribution in [-0.2, 0) is 11.3 Å². The Morgan fingerprint density at radius 3 is 2.84 bits per heavy atom. The number of hydrogen-bond donors (Lipinski definition) is 1. The van der Waals surface area contributed by atoms with Crippen LogP contribution in [-0.4, -0.2) is 49.9 Å². The molecule has 2 heterocycles. The molecule has 2 rings (SSSR count). The van der Waals surface area contributed by atoms with Gasteiger partial charge in [-0.05, 0) is 46.1 Å². The van der Waals surface area contributed by atoms with Gasteiger partial charge in [0, 0.05) is 13.1 Å². The van der Waals surface area contributed by atoms with E-state index in [4.69, 9.17) is 5.11 Å². The number of carboxylic acid groups (broad SMARTS) is 1. The highest BCUT2D eigenvalue weighted by molar-refractivity contribution is 5.72. The van der Waals surface area contributed by atoms with Crippen LogP contribution in [0.25, 0.3) is 0 Å². The molecule has 1 N–H and O–H groups in total. The van der Waals surface area contributed by atoms with Crippen molar-refractivity contribution < 1.29 is 9.90 Å². The van der Waals surface area contributed by atoms with Crippen LogP contribution in [0, 0.1) is 19.8 Å². The number of piperidine rings is 1. The van der Waals surface area contributed by atoms with E-state index in [1.807, 2.05) is 18.5 Å². The Morgan fingerprint density at radius 1 is 1.53 bits per heavy atom. The van der Waals surface area contributed by atoms with Crippen LogP contribution in [0.15, 0.2) is 0 Å². The fraction of sp³-hybridized carbons (Fsp3) is 0.769. The molecule has 1 fully saturated rings. The van der Waals surface area contributed by atoms with Gasteiger partial charge in [-0.25, -0.2) is 9.67 Å². The van der Waals surface area contributed by atoms with Crippen molar-refractivity contribution in [3.63, 3.8) is 0 Å². The molecule has 2 atom stereocenters. The quantitative estimate of drug-likeness (QED) is 0.883. The zero-order valence-corrected chi connectivity index (χ0v) is 11.8. The van der Waals surface area contributed by atoms with Crippen LogP contribution >= 0.6 is 0 Å². The third kappa shape index (κ3) is 3.32. The first-order chi connectivity index (χ1) is 8.97. The summed E-state index contributed by atoms with van der Waals surface area (Å²) >= 11 is 0. The number of carboxylic acids is 1. The molecular formula is C13H22N4O2. The highest BCUT2D eigenvalue weighted by atomic mass is 16.4. The lowest BCUT2D eigenvalue weighted by atomic mass is 9.97. The maximum absolute atomic E-state index is 11.1. The van der Waals surface area contributed by atoms with E-state index in [-0.39, 0.29) is 0 Å². The molecule has 0 amide bonds. The van der Waals surface area contributed by atoms with Gasteiger partial charge in [0.2, 0.25) is 0 Å². The van der Waals surface area contributed by atoms with Crippen molar-refractivity contribution >= 4 is 5.97 Å². The summed E-state index contributed by atoms with van der Waals surface area (Å²) in [5.41, 5.74) is 0. The summed E-state index contributed by atoms with van der Waals surface area (Å²) in [6.45, 7) is 8.14. The normalized spacial score (nSPS) is 22.4. The molecule has 0 bridgehead atoms. The summed E-state index contributed by atoms with van der Waals surface area (Å²) in [5.74, 6) is 1.44. The van der Waals surface area contributed by atoms with Crippen molar-refractivity contribution in [2.75, 3.05) is 13.1 Å². The Morgan fingerprint density at radius 2 is 2.26 bits per heavy atom. The van der Waals surface area contributed by atoms with Crippen molar-refractivity contribution in [3.8, 4) is 0 Å². The highest BCUT2D eigenvalue weighted by Crippen LogP contribution is 2.20. The van der Waals surface area contributed by atoms with Crippen LogP contribution < -0.4 is 0 Å². The Hall–Kier alpha value is -1.43. The minimum Gasteiger partial charge on any atom is -0.480 e. The molecule has 1 aliphatic heterocycles. The molecule has 19 heavy (non-hydrogen) atoms. The average Bonchev–Trinajstić information content (AvgIpc) is 2.67. The molecule has 0 aliphatic carbocycles. The van der Waals surface area contributed by atoms with Gasteiger partial charge in [0.1, 0.15) is 17.7 Å². The van der Waals surface area contributed by atoms with Gasteiger partial charge in [-0.15, -0.1) is 0 Å². The second-order valence-electron chi connectivity index (χ2n) is 5.41. The zero-order valence-electron chi connectivity index (χ0n) is 11.8. The van der Waals surface area contributed by atoms with Crippen molar-refractivity contribution in [3.05, 3.63) is 11.6 Å². The molecule has 0 saturated carbocycles. The van der Waals surface area contributed by atoms with Crippen molar-refractivity contribution in [1.82, 2.24) is 19.7 Å². The minimum absolute atomic E-state index is 0.402. The molecule has 1 aliphatic rings. The van der Waals surface area contributed by atoms with Crippen LogP contribution in [0.5, 0.6) is 0 Å². The van der Waals surface area contributed by atoms with Crippen molar-refractivity contribution in [2.45, 2.75) is 46.2 Å². The SMILES string of the molecule is Cc1nc(C)n(CC2CCCN(C(C)C(=O)O)C2)n1. The fourth-order valence-corrected chi connectivity index (χ4v) is 2.73. The minimum atomic E-state index is -0.742. The smallest absolute Gasteiger partial charge is 0.320 e. The third-order valence-electron chi connectivity index (χ3n) is 3.85. The molecular weight excluding hydrogens is 244 g/mol. The molecule has 106 valence electrons. The van der Waals surface area contributed by atoms with E-state index in [0.717, 1.165) is 44.1 Å². The Kier molecular flexibility index (Phi) is 4.19. The largest absolute Gasteiger partial charge is 0.480 e. The number of nitrogens with zero attached hydrogens (tertiary/aromatic N) is 4. The number of aryl methyl sites for hydroxylation is 2. The molecule has 6 heteroatoms. The maximum atomic E-state index is 11.1. The van der Waals surface area contributed by atoms with Gasteiger partial charge in [0.15, 0.2) is 0 Å². The Balaban J connectivity index is 1.98. The van der Waals surface area contributed by atoms with Crippen LogP contribution in [0.2, 0.25) is 0 Å². The topological polar surface area (TPSA) is 71.2 Å². The summed E-state index contributed by atoms with van der Waals surface area (Å²) < 4.78 is 1.94. The lowest BCUT2D eigenvalue weighted by molar-refractivity contribution is -0.143. The third-order valence-corrected chi connectivity index (χ3v) is 3.85. The first-order valence-electron chi connectivity index (χ1n) is 6.82. The van der Waals surface area contributed by atoms with Gasteiger partial charge in [0.25, 0.3) is 0 Å². The van der Waals surface area contributed by atoms with E-state index in [0.29, 0.717) is 5.92 Å². The van der Waals surface area contributed by atoms with E-state index >= 15 is 0 Å². The molecule has 2 unspecified atom stereocenters. The average molecular weight is 266 g/mol. The summed E-state index contributed by atoms with van der Waals surface area (Å²) in [4.78, 5) is 17.4. The summed E-state index contributed by atoms with van der Waals surface area (Å²) in [7, 11) is 0. The van der Waals surface area contributed by atoms with Gasteiger partial charge in [-0.2, -0.15) is 5.10 Å². The molecule has 0 aromatic carbocycles. The number of carbonyl (C=O) groups is 1. The summed E-state index contributed by atoms with van der Waals surface area (Å²) in [6, 6.07) is -0.402. The fourth-order valence-electron chi connectivity index (χ4n) is 2.73. The van der Waals surface area contributed by atoms with Gasteiger partial charge in [0.05, 0.1) is 0 Å². The monoisotopic (exact) mass is 266 g/mol. The van der Waals surface area contributed by atoms with E-state index in [1.165, 1.54) is 0 Å². The Labute approximate surface area is 113 Å². The molecule has 0 spiro atoms. The predicted molar refractivity (Wildman–Crippen MR) is 70.9 cm³/mol. The number of likely N-dealkylation sites (tertiary alicyclic amines) is 1. The molecule has 6 nitrogen and oxygen atoms in total. The van der Waals surface area contributed by atoms with E-state index in [9.17, 15) is 4.79 Å². The molecule has 1 aromatic rings. The van der Waals surface area contributed by atoms with Crippen molar-refractivity contribution in [2.24, 2.45) is 5.92 Å². The van der Waals surface area contributed by atoms with Gasteiger partial charge < -0.3 is 5.11 Å². The lowest BCUT2D eigenvalue weighted by Gasteiger charge is -2.35. The zero-order chi connectivity index (χ0) is 14.0. The second kappa shape index (κ2) is 5.69. The standard InChI is InChI=1S/C13H22N4O2/c1-9(13(18)19)16-6-4-5-12(7-16)8-17-11(3)14-10(2)15-17/h9,12H,4-8H2,1-3H3,(H,18,19). The van der Waals surface area contributed by atoms with Gasteiger partial charge in [-0.1, -0.05) is 0 Å². The van der Waals surface area contributed by atoms with Crippen molar-refractivity contribution in [1.29, 1.82) is 0 Å². The van der Waals surface area contributed by atoms with Crippen LogP contribution in [0.4, 0.5) is 0 Å². The predicted octanol–water partition coefficient (Wildman–Crippen LogP) is 1.08. The number of hydrogen-bond acceptors (Lipinski definition) is 4. The number of rotatable bonds is 4. The number of aromatic nitrogens is 3. The Bertz CT molecular complexity index is 457.